The van der Waals surface area contributed by atoms with Crippen LogP contribution in [0.4, 0.5) is 0 Å². The molecule has 1 heterocycles. The van der Waals surface area contributed by atoms with Crippen molar-refractivity contribution in [3.63, 3.8) is 0 Å². The van der Waals surface area contributed by atoms with E-state index in [0.29, 0.717) is 0 Å². The van der Waals surface area contributed by atoms with Crippen molar-refractivity contribution in [2.75, 3.05) is 7.11 Å². The molecule has 1 aromatic carbocycles. The maximum absolute atomic E-state index is 5.23. The Morgan fingerprint density at radius 2 is 2.06 bits per heavy atom. The van der Waals surface area contributed by atoms with Crippen LogP contribution in [-0.4, -0.2) is 7.11 Å². The summed E-state index contributed by atoms with van der Waals surface area (Å²) in [6, 6.07) is 8.34. The lowest BCUT2D eigenvalue weighted by Gasteiger charge is -2.11. The van der Waals surface area contributed by atoms with Crippen LogP contribution in [0.2, 0.25) is 0 Å². The normalized spacial score (nSPS) is 12.5. The second-order valence-corrected chi connectivity index (χ2v) is 8.02. The molecule has 17 heavy (non-hydrogen) atoms. The molecule has 0 aliphatic heterocycles. The topological polar surface area (TPSA) is 9.23 Å². The molecule has 5 heteroatoms. The molecule has 0 aliphatic rings. The van der Waals surface area contributed by atoms with E-state index >= 15 is 0 Å². The zero-order valence-electron chi connectivity index (χ0n) is 8.91. The summed E-state index contributed by atoms with van der Waals surface area (Å²) < 4.78 is 7.51. The third kappa shape index (κ3) is 3.24. The smallest absolute Gasteiger partial charge is 0.133 e. The fourth-order valence-electron chi connectivity index (χ4n) is 1.49. The second kappa shape index (κ2) is 6.04. The molecular formula is C12H9Br2IOS. The van der Waals surface area contributed by atoms with Gasteiger partial charge in [0.05, 0.1) is 19.3 Å². The first-order chi connectivity index (χ1) is 8.11. The summed E-state index contributed by atoms with van der Waals surface area (Å²) >= 11 is 11.3. The first-order valence-corrected chi connectivity index (χ1v) is 8.50. The second-order valence-electron chi connectivity index (χ2n) is 3.44. The van der Waals surface area contributed by atoms with E-state index in [1.165, 1.54) is 14.0 Å². The van der Waals surface area contributed by atoms with E-state index in [2.05, 4.69) is 78.0 Å². The van der Waals surface area contributed by atoms with Crippen LogP contribution in [-0.2, 0) is 0 Å². The van der Waals surface area contributed by atoms with Gasteiger partial charge in [0, 0.05) is 0 Å². The molecule has 0 saturated heterocycles. The predicted octanol–water partition coefficient (Wildman–Crippen LogP) is 5.61. The quantitative estimate of drug-likeness (QED) is 0.404. The Balaban J connectivity index is 2.31. The minimum Gasteiger partial charge on any atom is -0.496 e. The van der Waals surface area contributed by atoms with Gasteiger partial charge in [0.1, 0.15) is 5.75 Å². The third-order valence-electron chi connectivity index (χ3n) is 2.35. The van der Waals surface area contributed by atoms with Gasteiger partial charge in [-0.3, -0.25) is 0 Å². The van der Waals surface area contributed by atoms with Crippen molar-refractivity contribution in [3.05, 3.63) is 48.1 Å². The van der Waals surface area contributed by atoms with Gasteiger partial charge in [0.25, 0.3) is 0 Å². The van der Waals surface area contributed by atoms with E-state index in [1.807, 2.05) is 6.07 Å². The SMILES string of the molecule is COc1ccc(C(Br)c2csc(I)c2)cc1Br. The number of ether oxygens (including phenoxy) is 1. The molecule has 0 N–H and O–H groups in total. The minimum absolute atomic E-state index is 0.226. The summed E-state index contributed by atoms with van der Waals surface area (Å²) in [7, 11) is 1.67. The molecule has 1 aromatic heterocycles. The molecule has 0 saturated carbocycles. The molecule has 0 aliphatic carbocycles. The highest BCUT2D eigenvalue weighted by Gasteiger charge is 2.13. The molecular weight excluding hydrogens is 479 g/mol. The van der Waals surface area contributed by atoms with Gasteiger partial charge in [0.2, 0.25) is 0 Å². The minimum atomic E-state index is 0.226. The van der Waals surface area contributed by atoms with E-state index in [9.17, 15) is 0 Å². The van der Waals surface area contributed by atoms with Crippen molar-refractivity contribution in [1.29, 1.82) is 0 Å². The Morgan fingerprint density at radius 3 is 2.59 bits per heavy atom. The fourth-order valence-corrected chi connectivity index (χ4v) is 4.17. The van der Waals surface area contributed by atoms with Crippen LogP contribution in [0.1, 0.15) is 16.0 Å². The standard InChI is InChI=1S/C12H9Br2IOS/c1-16-10-3-2-7(4-9(10)13)12(14)8-5-11(15)17-6-8/h2-6,12H,1H3. The summed E-state index contributed by atoms with van der Waals surface area (Å²) in [4.78, 5) is 0.226. The Kier molecular flexibility index (Phi) is 4.91. The Labute approximate surface area is 135 Å². The molecule has 2 aromatic rings. The molecule has 1 atom stereocenters. The zero-order valence-corrected chi connectivity index (χ0v) is 15.1. The predicted molar refractivity (Wildman–Crippen MR) is 88.5 cm³/mol. The lowest BCUT2D eigenvalue weighted by molar-refractivity contribution is 0.412. The largest absolute Gasteiger partial charge is 0.496 e. The van der Waals surface area contributed by atoms with Crippen LogP contribution in [0.15, 0.2) is 34.1 Å². The maximum atomic E-state index is 5.23. The maximum Gasteiger partial charge on any atom is 0.133 e. The van der Waals surface area contributed by atoms with Crippen LogP contribution >= 0.6 is 65.8 Å². The van der Waals surface area contributed by atoms with Crippen LogP contribution in [0, 0.1) is 2.88 Å². The molecule has 90 valence electrons. The molecule has 0 spiro atoms. The summed E-state index contributed by atoms with van der Waals surface area (Å²) in [5, 5.41) is 2.18. The van der Waals surface area contributed by atoms with E-state index in [-0.39, 0.29) is 4.83 Å². The first-order valence-electron chi connectivity index (χ1n) is 4.83. The van der Waals surface area contributed by atoms with E-state index in [4.69, 9.17) is 4.74 Å². The number of hydrogen-bond acceptors (Lipinski definition) is 2. The number of methoxy groups -OCH3 is 1. The van der Waals surface area contributed by atoms with E-state index in [1.54, 1.807) is 18.4 Å². The summed E-state index contributed by atoms with van der Waals surface area (Å²) in [6.45, 7) is 0. The van der Waals surface area contributed by atoms with Crippen LogP contribution in [0.5, 0.6) is 5.75 Å². The molecule has 2 rings (SSSR count). The van der Waals surface area contributed by atoms with Gasteiger partial charge < -0.3 is 4.74 Å². The van der Waals surface area contributed by atoms with Gasteiger partial charge in [-0.2, -0.15) is 0 Å². The summed E-state index contributed by atoms with van der Waals surface area (Å²) in [5.74, 6) is 0.855. The van der Waals surface area contributed by atoms with Crippen molar-refractivity contribution in [3.8, 4) is 5.75 Å². The first kappa shape index (κ1) is 13.8. The van der Waals surface area contributed by atoms with Crippen molar-refractivity contribution in [2.24, 2.45) is 0 Å². The van der Waals surface area contributed by atoms with Crippen LogP contribution in [0.3, 0.4) is 0 Å². The van der Waals surface area contributed by atoms with E-state index in [0.717, 1.165) is 10.2 Å². The van der Waals surface area contributed by atoms with Crippen molar-refractivity contribution in [1.82, 2.24) is 0 Å². The van der Waals surface area contributed by atoms with Crippen molar-refractivity contribution >= 4 is 65.8 Å². The monoisotopic (exact) mass is 486 g/mol. The van der Waals surface area contributed by atoms with Gasteiger partial charge in [-0.25, -0.2) is 0 Å². The van der Waals surface area contributed by atoms with Crippen molar-refractivity contribution < 1.29 is 4.74 Å². The third-order valence-corrected chi connectivity index (χ3v) is 5.83. The van der Waals surface area contributed by atoms with Gasteiger partial charge in [0.15, 0.2) is 0 Å². The highest BCUT2D eigenvalue weighted by atomic mass is 127. The number of halogens is 3. The van der Waals surface area contributed by atoms with E-state index < -0.39 is 0 Å². The Bertz CT molecular complexity index is 527. The lowest BCUT2D eigenvalue weighted by Crippen LogP contribution is -1.92. The number of hydrogen-bond donors (Lipinski definition) is 0. The zero-order chi connectivity index (χ0) is 12.4. The van der Waals surface area contributed by atoms with Gasteiger partial charge >= 0.3 is 0 Å². The highest BCUT2D eigenvalue weighted by molar-refractivity contribution is 14.1. The highest BCUT2D eigenvalue weighted by Crippen LogP contribution is 2.37. The Morgan fingerprint density at radius 1 is 1.29 bits per heavy atom. The molecule has 1 unspecified atom stereocenters. The molecule has 0 bridgehead atoms. The van der Waals surface area contributed by atoms with Gasteiger partial charge in [-0.1, -0.05) is 22.0 Å². The van der Waals surface area contributed by atoms with Crippen LogP contribution < -0.4 is 4.74 Å². The van der Waals surface area contributed by atoms with Crippen LogP contribution in [0.25, 0.3) is 0 Å². The molecule has 0 amide bonds. The van der Waals surface area contributed by atoms with Crippen molar-refractivity contribution in [2.45, 2.75) is 4.83 Å². The Hall–Kier alpha value is 0.410. The molecule has 0 radical (unpaired) electrons. The average Bonchev–Trinajstić information content (AvgIpc) is 2.75. The summed E-state index contributed by atoms with van der Waals surface area (Å²) in [6.07, 6.45) is 0. The lowest BCUT2D eigenvalue weighted by atomic mass is 10.1. The van der Waals surface area contributed by atoms with Gasteiger partial charge in [-0.15, -0.1) is 11.3 Å². The molecule has 1 nitrogen and oxygen atoms in total. The number of alkyl halides is 1. The molecule has 0 fully saturated rings. The fraction of sp³-hybridized carbons (Fsp3) is 0.167. The average molecular weight is 488 g/mol. The van der Waals surface area contributed by atoms with Gasteiger partial charge in [-0.05, 0) is 73.2 Å². The number of rotatable bonds is 3. The summed E-state index contributed by atoms with van der Waals surface area (Å²) in [5.41, 5.74) is 2.50. The number of benzene rings is 1. The number of thiophene rings is 1.